The van der Waals surface area contributed by atoms with Gasteiger partial charge < -0.3 is 20.2 Å². The monoisotopic (exact) mass is 285 g/mol. The molecular weight excluding hydrogens is 262 g/mol. The molecule has 7 nitrogen and oxygen atoms in total. The number of rotatable bonds is 4. The highest BCUT2D eigenvalue weighted by molar-refractivity contribution is 5.82. The molecule has 1 aliphatic heterocycles. The van der Waals surface area contributed by atoms with Crippen LogP contribution < -0.4 is 5.32 Å². The van der Waals surface area contributed by atoms with Crippen molar-refractivity contribution in [2.24, 2.45) is 0 Å². The summed E-state index contributed by atoms with van der Waals surface area (Å²) in [5.41, 5.74) is 0. The molecule has 0 aliphatic carbocycles. The zero-order valence-electron chi connectivity index (χ0n) is 12.1. The van der Waals surface area contributed by atoms with E-state index >= 15 is 0 Å². The molecule has 2 N–H and O–H groups in total. The summed E-state index contributed by atoms with van der Waals surface area (Å²) in [6.45, 7) is 5.48. The molecule has 0 spiro atoms. The van der Waals surface area contributed by atoms with Crippen LogP contribution in [0.2, 0.25) is 0 Å². The van der Waals surface area contributed by atoms with Crippen molar-refractivity contribution in [3.63, 3.8) is 0 Å². The lowest BCUT2D eigenvalue weighted by Crippen LogP contribution is -2.49. The second-order valence-corrected chi connectivity index (χ2v) is 4.98. The Balaban J connectivity index is 2.54. The van der Waals surface area contributed by atoms with E-state index in [0.29, 0.717) is 45.4 Å². The van der Waals surface area contributed by atoms with Gasteiger partial charge >= 0.3 is 12.0 Å². The second-order valence-electron chi connectivity index (χ2n) is 4.98. The predicted molar refractivity (Wildman–Crippen MR) is 73.3 cm³/mol. The van der Waals surface area contributed by atoms with Gasteiger partial charge in [-0.1, -0.05) is 13.3 Å². The van der Waals surface area contributed by atoms with Crippen molar-refractivity contribution in [1.29, 1.82) is 0 Å². The van der Waals surface area contributed by atoms with E-state index in [0.717, 1.165) is 0 Å². The molecular formula is C13H23N3O4. The van der Waals surface area contributed by atoms with E-state index in [1.54, 1.807) is 9.80 Å². The maximum Gasteiger partial charge on any atom is 0.326 e. The number of nitrogens with one attached hydrogen (secondary N) is 1. The number of carbonyl (C=O) groups is 3. The molecule has 7 heteroatoms. The van der Waals surface area contributed by atoms with Gasteiger partial charge in [-0.25, -0.2) is 9.59 Å². The first-order chi connectivity index (χ1) is 9.45. The van der Waals surface area contributed by atoms with Crippen molar-refractivity contribution in [3.8, 4) is 0 Å². The lowest BCUT2D eigenvalue weighted by Gasteiger charge is -2.23. The molecule has 0 bridgehead atoms. The molecule has 1 aliphatic rings. The number of amides is 3. The highest BCUT2D eigenvalue weighted by Crippen LogP contribution is 2.05. The average Bonchev–Trinajstić information content (AvgIpc) is 2.63. The van der Waals surface area contributed by atoms with Crippen LogP contribution in [0.1, 0.15) is 33.1 Å². The maximum atomic E-state index is 12.1. The summed E-state index contributed by atoms with van der Waals surface area (Å²) in [6, 6.07) is -1.21. The summed E-state index contributed by atoms with van der Waals surface area (Å²) in [7, 11) is 0. The number of hydrogen-bond acceptors (Lipinski definition) is 3. The van der Waals surface area contributed by atoms with E-state index in [9.17, 15) is 14.4 Å². The Morgan fingerprint density at radius 3 is 2.30 bits per heavy atom. The van der Waals surface area contributed by atoms with E-state index in [1.807, 2.05) is 6.92 Å². The van der Waals surface area contributed by atoms with Gasteiger partial charge in [0.1, 0.15) is 6.04 Å². The topological polar surface area (TPSA) is 90.0 Å². The summed E-state index contributed by atoms with van der Waals surface area (Å²) >= 11 is 0. The molecule has 0 aromatic heterocycles. The van der Waals surface area contributed by atoms with Crippen molar-refractivity contribution in [1.82, 2.24) is 15.1 Å². The van der Waals surface area contributed by atoms with E-state index in [4.69, 9.17) is 5.11 Å². The lowest BCUT2D eigenvalue weighted by atomic mass is 10.2. The molecule has 0 saturated carbocycles. The number of carboxylic acid groups (broad SMARTS) is 1. The number of aliphatic carboxylic acids is 1. The Hall–Kier alpha value is -1.79. The Bertz CT molecular complexity index is 373. The van der Waals surface area contributed by atoms with Gasteiger partial charge in [0.25, 0.3) is 0 Å². The van der Waals surface area contributed by atoms with E-state index < -0.39 is 12.0 Å². The molecule has 20 heavy (non-hydrogen) atoms. The molecule has 1 rings (SSSR count). The fourth-order valence-electron chi connectivity index (χ4n) is 2.22. The SMILES string of the molecule is CCCC(NC(=O)N1CCCN(C(C)=O)CC1)C(=O)O. The number of carboxylic acids is 1. The standard InChI is InChI=1S/C13H23N3O4/c1-3-5-11(12(18)19)14-13(20)16-7-4-6-15(8-9-16)10(2)17/h11H,3-9H2,1-2H3,(H,14,20)(H,18,19). The second kappa shape index (κ2) is 7.72. The molecule has 0 radical (unpaired) electrons. The number of hydrogen-bond donors (Lipinski definition) is 2. The van der Waals surface area contributed by atoms with Crippen molar-refractivity contribution >= 4 is 17.9 Å². The van der Waals surface area contributed by atoms with Crippen LogP contribution in [0.4, 0.5) is 4.79 Å². The first kappa shape index (κ1) is 16.3. The number of urea groups is 1. The summed E-state index contributed by atoms with van der Waals surface area (Å²) in [5.74, 6) is -1.01. The lowest BCUT2D eigenvalue weighted by molar-refractivity contribution is -0.139. The Kier molecular flexibility index (Phi) is 6.27. The van der Waals surface area contributed by atoms with Crippen LogP contribution in [0.15, 0.2) is 0 Å². The first-order valence-electron chi connectivity index (χ1n) is 6.99. The van der Waals surface area contributed by atoms with Crippen molar-refractivity contribution in [3.05, 3.63) is 0 Å². The number of nitrogens with zero attached hydrogens (tertiary/aromatic N) is 2. The molecule has 3 amide bonds. The highest BCUT2D eigenvalue weighted by Gasteiger charge is 2.24. The number of carbonyl (C=O) groups excluding carboxylic acids is 2. The van der Waals surface area contributed by atoms with Crippen molar-refractivity contribution in [2.75, 3.05) is 26.2 Å². The molecule has 1 unspecified atom stereocenters. The van der Waals surface area contributed by atoms with Crippen LogP contribution >= 0.6 is 0 Å². The molecule has 1 fully saturated rings. The smallest absolute Gasteiger partial charge is 0.326 e. The molecule has 114 valence electrons. The molecule has 0 aromatic carbocycles. The third-order valence-electron chi connectivity index (χ3n) is 3.40. The molecule has 1 heterocycles. The van der Waals surface area contributed by atoms with Gasteiger partial charge in [-0.05, 0) is 12.8 Å². The third kappa shape index (κ3) is 4.71. The zero-order chi connectivity index (χ0) is 15.1. The molecule has 1 atom stereocenters. The minimum atomic E-state index is -1.01. The van der Waals surface area contributed by atoms with Gasteiger partial charge in [-0.3, -0.25) is 4.79 Å². The van der Waals surface area contributed by atoms with Crippen molar-refractivity contribution in [2.45, 2.75) is 39.2 Å². The third-order valence-corrected chi connectivity index (χ3v) is 3.40. The minimum Gasteiger partial charge on any atom is -0.480 e. The normalized spacial score (nSPS) is 17.3. The summed E-state index contributed by atoms with van der Waals surface area (Å²) < 4.78 is 0. The van der Waals surface area contributed by atoms with E-state index in [1.165, 1.54) is 6.92 Å². The Morgan fingerprint density at radius 2 is 1.75 bits per heavy atom. The van der Waals surface area contributed by atoms with Crippen LogP contribution in [0.25, 0.3) is 0 Å². The van der Waals surface area contributed by atoms with E-state index in [2.05, 4.69) is 5.32 Å². The highest BCUT2D eigenvalue weighted by atomic mass is 16.4. The van der Waals surface area contributed by atoms with Gasteiger partial charge in [-0.15, -0.1) is 0 Å². The summed E-state index contributed by atoms with van der Waals surface area (Å²) in [4.78, 5) is 37.7. The van der Waals surface area contributed by atoms with Gasteiger partial charge in [0.2, 0.25) is 5.91 Å². The Labute approximate surface area is 118 Å². The first-order valence-corrected chi connectivity index (χ1v) is 6.99. The quantitative estimate of drug-likeness (QED) is 0.787. The predicted octanol–water partition coefficient (Wildman–Crippen LogP) is 0.504. The molecule has 0 aromatic rings. The van der Waals surface area contributed by atoms with E-state index in [-0.39, 0.29) is 11.9 Å². The van der Waals surface area contributed by atoms with Crippen LogP contribution in [-0.2, 0) is 9.59 Å². The fourth-order valence-corrected chi connectivity index (χ4v) is 2.22. The zero-order valence-corrected chi connectivity index (χ0v) is 12.1. The maximum absolute atomic E-state index is 12.1. The van der Waals surface area contributed by atoms with Gasteiger partial charge in [-0.2, -0.15) is 0 Å². The minimum absolute atomic E-state index is 0.00153. The molecule has 1 saturated heterocycles. The van der Waals surface area contributed by atoms with Gasteiger partial charge in [0.05, 0.1) is 0 Å². The Morgan fingerprint density at radius 1 is 1.15 bits per heavy atom. The van der Waals surface area contributed by atoms with Gasteiger partial charge in [0.15, 0.2) is 0 Å². The summed E-state index contributed by atoms with van der Waals surface area (Å²) in [6.07, 6.45) is 1.81. The summed E-state index contributed by atoms with van der Waals surface area (Å²) in [5, 5.41) is 11.6. The van der Waals surface area contributed by atoms with Crippen molar-refractivity contribution < 1.29 is 19.5 Å². The largest absolute Gasteiger partial charge is 0.480 e. The van der Waals surface area contributed by atoms with Crippen LogP contribution in [0, 0.1) is 0 Å². The fraction of sp³-hybridized carbons (Fsp3) is 0.769. The average molecular weight is 285 g/mol. The van der Waals surface area contributed by atoms with Crippen LogP contribution in [0.5, 0.6) is 0 Å². The van der Waals surface area contributed by atoms with Crippen LogP contribution in [0.3, 0.4) is 0 Å². The van der Waals surface area contributed by atoms with Gasteiger partial charge in [0, 0.05) is 33.1 Å². The van der Waals surface area contributed by atoms with Crippen LogP contribution in [-0.4, -0.2) is 65.0 Å².